The van der Waals surface area contributed by atoms with Gasteiger partial charge in [-0.25, -0.2) is 4.79 Å². The molecule has 1 aromatic rings. The quantitative estimate of drug-likeness (QED) is 0.425. The molecule has 0 aliphatic carbocycles. The van der Waals surface area contributed by atoms with Gasteiger partial charge in [-0.05, 0) is 48.6 Å². The van der Waals surface area contributed by atoms with Crippen LogP contribution in [0.1, 0.15) is 44.0 Å². The Kier molecular flexibility index (Phi) is 8.68. The average molecular weight is 356 g/mol. The van der Waals surface area contributed by atoms with Crippen molar-refractivity contribution < 1.29 is 14.3 Å². The summed E-state index contributed by atoms with van der Waals surface area (Å²) >= 11 is 0. The lowest BCUT2D eigenvalue weighted by atomic mass is 10.0. The van der Waals surface area contributed by atoms with Crippen molar-refractivity contribution >= 4 is 29.2 Å². The van der Waals surface area contributed by atoms with Gasteiger partial charge < -0.3 is 10.1 Å². The highest BCUT2D eigenvalue weighted by molar-refractivity contribution is 8.01. The number of benzene rings is 1. The van der Waals surface area contributed by atoms with Crippen LogP contribution in [0.25, 0.3) is 0 Å². The molecule has 5 nitrogen and oxygen atoms in total. The zero-order valence-electron chi connectivity index (χ0n) is 13.9. The van der Waals surface area contributed by atoms with Gasteiger partial charge in [0, 0.05) is 5.56 Å². The molecule has 3 unspecified atom stereocenters. The maximum absolute atomic E-state index is 12.6. The Morgan fingerprint density at radius 1 is 1.26 bits per heavy atom. The van der Waals surface area contributed by atoms with E-state index in [0.29, 0.717) is 20.4 Å². The van der Waals surface area contributed by atoms with Gasteiger partial charge in [0.15, 0.2) is 5.78 Å². The molecule has 0 aliphatic heterocycles. The second-order valence-corrected chi connectivity index (χ2v) is 7.65. The van der Waals surface area contributed by atoms with Crippen molar-refractivity contribution in [2.75, 3.05) is 6.54 Å². The SMILES string of the molecule is CC(C)(C)OC(=O)NC(CCCNPP)C(=O)c1ccccc1. The Balaban J connectivity index is 2.72. The standard InChI is InChI=1S/C16H26N2O3P2/c1-16(2,3)21-15(20)18-13(10-7-11-17-23-22)14(19)12-8-5-4-6-9-12/h4-6,8-9,13,17,23H,7,10-11,22H2,1-3H3,(H,18,20). The molecule has 1 amide bonds. The van der Waals surface area contributed by atoms with Crippen molar-refractivity contribution in [2.24, 2.45) is 0 Å². The zero-order valence-corrected chi connectivity index (χ0v) is 16.0. The molecule has 23 heavy (non-hydrogen) atoms. The van der Waals surface area contributed by atoms with E-state index < -0.39 is 17.7 Å². The first-order valence-corrected chi connectivity index (χ1v) is 10.4. The largest absolute Gasteiger partial charge is 0.444 e. The lowest BCUT2D eigenvalue weighted by Gasteiger charge is -2.23. The number of amides is 1. The molecule has 0 radical (unpaired) electrons. The molecule has 0 fully saturated rings. The Bertz CT molecular complexity index is 504. The number of alkyl carbamates (subject to hydrolysis) is 1. The second kappa shape index (κ2) is 9.97. The van der Waals surface area contributed by atoms with Crippen LogP contribution < -0.4 is 10.4 Å². The summed E-state index contributed by atoms with van der Waals surface area (Å²) in [6.45, 7) is 6.19. The lowest BCUT2D eigenvalue weighted by Crippen LogP contribution is -2.43. The molecular formula is C16H26N2O3P2. The Hall–Kier alpha value is -1.02. The lowest BCUT2D eigenvalue weighted by molar-refractivity contribution is 0.0488. The highest BCUT2D eigenvalue weighted by atomic mass is 32.0. The summed E-state index contributed by atoms with van der Waals surface area (Å²) in [5, 5.41) is 5.92. The van der Waals surface area contributed by atoms with Crippen LogP contribution >= 0.6 is 17.3 Å². The van der Waals surface area contributed by atoms with Crippen LogP contribution in [-0.4, -0.2) is 30.1 Å². The molecule has 0 aliphatic rings. The molecule has 0 spiro atoms. The van der Waals surface area contributed by atoms with Crippen molar-refractivity contribution in [3.63, 3.8) is 0 Å². The second-order valence-electron chi connectivity index (χ2n) is 6.14. The molecular weight excluding hydrogens is 330 g/mol. The molecule has 2 N–H and O–H groups in total. The fourth-order valence-corrected chi connectivity index (χ4v) is 2.74. The molecule has 1 rings (SSSR count). The van der Waals surface area contributed by atoms with E-state index in [1.54, 1.807) is 32.9 Å². The Morgan fingerprint density at radius 2 is 1.91 bits per heavy atom. The predicted octanol–water partition coefficient (Wildman–Crippen LogP) is 3.52. The van der Waals surface area contributed by atoms with E-state index in [-0.39, 0.29) is 5.78 Å². The van der Waals surface area contributed by atoms with Gasteiger partial charge in [-0.2, -0.15) is 0 Å². The first-order chi connectivity index (χ1) is 10.8. The van der Waals surface area contributed by atoms with E-state index >= 15 is 0 Å². The molecule has 0 saturated carbocycles. The maximum atomic E-state index is 12.6. The normalized spacial score (nSPS) is 13.0. The van der Waals surface area contributed by atoms with Crippen molar-refractivity contribution in [3.8, 4) is 0 Å². The number of ether oxygens (including phenoxy) is 1. The molecule has 3 atom stereocenters. The van der Waals surface area contributed by atoms with E-state index in [4.69, 9.17) is 4.74 Å². The molecule has 0 bridgehead atoms. The number of carbonyl (C=O) groups is 2. The van der Waals surface area contributed by atoms with E-state index in [1.807, 2.05) is 18.2 Å². The zero-order chi connectivity index (χ0) is 17.3. The smallest absolute Gasteiger partial charge is 0.408 e. The number of rotatable bonds is 8. The minimum atomic E-state index is -0.591. The minimum absolute atomic E-state index is 0.0928. The highest BCUT2D eigenvalue weighted by Gasteiger charge is 2.24. The molecule has 128 valence electrons. The van der Waals surface area contributed by atoms with Crippen LogP contribution in [0.5, 0.6) is 0 Å². The number of ketones is 1. The summed E-state index contributed by atoms with van der Waals surface area (Å²) in [4.78, 5) is 24.6. The number of Topliss-reactive ketones (excluding diaryl/α,β-unsaturated/α-hetero) is 1. The summed E-state index contributed by atoms with van der Waals surface area (Å²) in [5.74, 6) is -0.0928. The predicted molar refractivity (Wildman–Crippen MR) is 99.2 cm³/mol. The summed E-state index contributed by atoms with van der Waals surface area (Å²) in [7, 11) is 3.21. The van der Waals surface area contributed by atoms with Crippen LogP contribution in [0.3, 0.4) is 0 Å². The van der Waals surface area contributed by atoms with Crippen LogP contribution in [0.4, 0.5) is 4.79 Å². The van der Waals surface area contributed by atoms with Crippen molar-refractivity contribution in [3.05, 3.63) is 35.9 Å². The summed E-state index contributed by atoms with van der Waals surface area (Å²) in [6.07, 6.45) is 0.794. The Labute approximate surface area is 142 Å². The van der Waals surface area contributed by atoms with Crippen molar-refractivity contribution in [1.29, 1.82) is 0 Å². The van der Waals surface area contributed by atoms with Gasteiger partial charge in [0.25, 0.3) is 0 Å². The van der Waals surface area contributed by atoms with Gasteiger partial charge in [-0.1, -0.05) is 39.3 Å². The highest BCUT2D eigenvalue weighted by Crippen LogP contribution is 2.14. The van der Waals surface area contributed by atoms with Crippen LogP contribution in [-0.2, 0) is 4.74 Å². The summed E-state index contributed by atoms with van der Waals surface area (Å²) in [6, 6.07) is 8.42. The fourth-order valence-electron chi connectivity index (χ4n) is 1.99. The van der Waals surface area contributed by atoms with E-state index in [0.717, 1.165) is 13.0 Å². The van der Waals surface area contributed by atoms with Gasteiger partial charge >= 0.3 is 6.09 Å². The summed E-state index contributed by atoms with van der Waals surface area (Å²) in [5.41, 5.74) is 0.00134. The molecule has 0 aromatic heterocycles. The number of nitrogens with one attached hydrogen (secondary N) is 2. The third-order valence-electron chi connectivity index (χ3n) is 2.96. The monoisotopic (exact) mass is 356 g/mol. The van der Waals surface area contributed by atoms with Crippen LogP contribution in [0, 0.1) is 0 Å². The van der Waals surface area contributed by atoms with Crippen LogP contribution in [0.2, 0.25) is 0 Å². The maximum Gasteiger partial charge on any atom is 0.408 e. The third-order valence-corrected chi connectivity index (χ3v) is 4.03. The number of hydrogen-bond acceptors (Lipinski definition) is 4. The number of carbonyl (C=O) groups excluding carboxylic acids is 2. The van der Waals surface area contributed by atoms with Gasteiger partial charge in [-0.15, -0.1) is 0 Å². The van der Waals surface area contributed by atoms with Crippen molar-refractivity contribution in [2.45, 2.75) is 45.3 Å². The van der Waals surface area contributed by atoms with E-state index in [9.17, 15) is 9.59 Å². The van der Waals surface area contributed by atoms with E-state index in [1.165, 1.54) is 0 Å². The van der Waals surface area contributed by atoms with E-state index in [2.05, 4.69) is 19.3 Å². The van der Waals surface area contributed by atoms with Crippen molar-refractivity contribution in [1.82, 2.24) is 10.4 Å². The van der Waals surface area contributed by atoms with Crippen LogP contribution in [0.15, 0.2) is 30.3 Å². The number of hydrogen-bond donors (Lipinski definition) is 2. The minimum Gasteiger partial charge on any atom is -0.444 e. The topological polar surface area (TPSA) is 67.4 Å². The molecule has 0 heterocycles. The fraction of sp³-hybridized carbons (Fsp3) is 0.500. The summed E-state index contributed by atoms with van der Waals surface area (Å²) < 4.78 is 5.26. The van der Waals surface area contributed by atoms with Gasteiger partial charge in [-0.3, -0.25) is 9.88 Å². The first-order valence-electron chi connectivity index (χ1n) is 7.61. The first kappa shape index (κ1) is 20.0. The molecule has 7 heteroatoms. The van der Waals surface area contributed by atoms with Gasteiger partial charge in [0.1, 0.15) is 5.60 Å². The van der Waals surface area contributed by atoms with Gasteiger partial charge in [0.2, 0.25) is 0 Å². The molecule has 0 saturated heterocycles. The average Bonchev–Trinajstić information content (AvgIpc) is 2.48. The Morgan fingerprint density at radius 3 is 2.48 bits per heavy atom. The third kappa shape index (κ3) is 8.41. The van der Waals surface area contributed by atoms with Gasteiger partial charge in [0.05, 0.1) is 6.04 Å². The molecule has 1 aromatic carbocycles.